The van der Waals surface area contributed by atoms with Crippen LogP contribution >= 0.6 is 0 Å². The van der Waals surface area contributed by atoms with Crippen molar-refractivity contribution in [1.29, 1.82) is 0 Å². The van der Waals surface area contributed by atoms with E-state index in [-0.39, 0.29) is 12.1 Å². The lowest BCUT2D eigenvalue weighted by Gasteiger charge is -2.34. The number of hydrogen-bond donors (Lipinski definition) is 0. The van der Waals surface area contributed by atoms with Gasteiger partial charge in [0.05, 0.1) is 19.3 Å². The molecule has 1 atom stereocenters. The molecule has 0 spiro atoms. The molecule has 0 radical (unpaired) electrons. The van der Waals surface area contributed by atoms with Gasteiger partial charge in [-0.2, -0.15) is 0 Å². The molecule has 2 rings (SSSR count). The van der Waals surface area contributed by atoms with E-state index in [1.807, 2.05) is 86.3 Å². The average Bonchev–Trinajstić information content (AvgIpc) is 2.65. The Labute approximate surface area is 175 Å². The molecule has 0 saturated heterocycles. The minimum atomic E-state index is -0.542. The summed E-state index contributed by atoms with van der Waals surface area (Å²) in [7, 11) is 0. The Morgan fingerprint density at radius 1 is 0.931 bits per heavy atom. The van der Waals surface area contributed by atoms with Crippen LogP contribution in [0.3, 0.4) is 0 Å². The van der Waals surface area contributed by atoms with Crippen molar-refractivity contribution >= 4 is 6.09 Å². The van der Waals surface area contributed by atoms with E-state index in [0.29, 0.717) is 25.7 Å². The van der Waals surface area contributed by atoms with E-state index in [1.165, 1.54) is 0 Å². The molecule has 4 nitrogen and oxygen atoms in total. The number of hydrogen-bond acceptors (Lipinski definition) is 3. The number of benzene rings is 2. The van der Waals surface area contributed by atoms with E-state index in [2.05, 4.69) is 13.8 Å². The third-order valence-corrected chi connectivity index (χ3v) is 4.43. The van der Waals surface area contributed by atoms with Crippen molar-refractivity contribution in [2.45, 2.75) is 65.8 Å². The smallest absolute Gasteiger partial charge is 0.410 e. The summed E-state index contributed by atoms with van der Waals surface area (Å²) >= 11 is 0. The first-order valence-corrected chi connectivity index (χ1v) is 10.4. The van der Waals surface area contributed by atoms with Crippen LogP contribution in [0.25, 0.3) is 0 Å². The fourth-order valence-corrected chi connectivity index (χ4v) is 3.16. The Morgan fingerprint density at radius 3 is 2.00 bits per heavy atom. The molecule has 0 bridgehead atoms. The number of nitrogens with zero attached hydrogens (tertiary/aromatic N) is 1. The first-order chi connectivity index (χ1) is 13.7. The SMILES string of the molecule is CC(C)C[C@@H](COCc1ccccc1)N(Cc1ccccc1)C(=O)OC(C)(C)C. The number of carbonyl (C=O) groups excluding carboxylic acids is 1. The second-order valence-corrected chi connectivity index (χ2v) is 8.88. The predicted molar refractivity (Wildman–Crippen MR) is 118 cm³/mol. The highest BCUT2D eigenvalue weighted by Crippen LogP contribution is 2.20. The molecule has 0 aromatic heterocycles. The van der Waals surface area contributed by atoms with E-state index in [0.717, 1.165) is 17.5 Å². The van der Waals surface area contributed by atoms with Gasteiger partial charge in [-0.25, -0.2) is 4.79 Å². The lowest BCUT2D eigenvalue weighted by molar-refractivity contribution is -0.00732. The molecular weight excluding hydrogens is 362 g/mol. The zero-order valence-corrected chi connectivity index (χ0v) is 18.4. The van der Waals surface area contributed by atoms with Gasteiger partial charge >= 0.3 is 6.09 Å². The van der Waals surface area contributed by atoms with Crippen LogP contribution in [0, 0.1) is 5.92 Å². The minimum Gasteiger partial charge on any atom is -0.444 e. The maximum atomic E-state index is 13.1. The van der Waals surface area contributed by atoms with Crippen LogP contribution in [0.5, 0.6) is 0 Å². The van der Waals surface area contributed by atoms with Crippen molar-refractivity contribution in [3.8, 4) is 0 Å². The van der Waals surface area contributed by atoms with Crippen LogP contribution in [0.1, 0.15) is 52.2 Å². The van der Waals surface area contributed by atoms with Gasteiger partial charge in [-0.05, 0) is 44.2 Å². The normalized spacial score (nSPS) is 12.6. The molecule has 158 valence electrons. The maximum Gasteiger partial charge on any atom is 0.410 e. The van der Waals surface area contributed by atoms with Gasteiger partial charge in [-0.15, -0.1) is 0 Å². The van der Waals surface area contributed by atoms with E-state index >= 15 is 0 Å². The van der Waals surface area contributed by atoms with Gasteiger partial charge in [0.15, 0.2) is 0 Å². The summed E-state index contributed by atoms with van der Waals surface area (Å²) in [6, 6.07) is 20.1. The fourth-order valence-electron chi connectivity index (χ4n) is 3.16. The van der Waals surface area contributed by atoms with Crippen molar-refractivity contribution in [2.24, 2.45) is 5.92 Å². The molecule has 0 heterocycles. The molecule has 0 unspecified atom stereocenters. The summed E-state index contributed by atoms with van der Waals surface area (Å²) in [4.78, 5) is 14.9. The summed E-state index contributed by atoms with van der Waals surface area (Å²) in [6.45, 7) is 11.5. The molecule has 0 N–H and O–H groups in total. The Morgan fingerprint density at radius 2 is 1.48 bits per heavy atom. The topological polar surface area (TPSA) is 38.8 Å². The number of ether oxygens (including phenoxy) is 2. The highest BCUT2D eigenvalue weighted by molar-refractivity contribution is 5.68. The summed E-state index contributed by atoms with van der Waals surface area (Å²) < 4.78 is 11.8. The van der Waals surface area contributed by atoms with Gasteiger partial charge in [0.2, 0.25) is 0 Å². The van der Waals surface area contributed by atoms with E-state index in [9.17, 15) is 4.79 Å². The molecule has 0 aliphatic rings. The third-order valence-electron chi connectivity index (χ3n) is 4.43. The van der Waals surface area contributed by atoms with Gasteiger partial charge in [0.1, 0.15) is 5.60 Å². The fraction of sp³-hybridized carbons (Fsp3) is 0.480. The molecule has 0 saturated carbocycles. The van der Waals surface area contributed by atoms with E-state index in [1.54, 1.807) is 0 Å². The summed E-state index contributed by atoms with van der Waals surface area (Å²) in [6.07, 6.45) is 0.552. The largest absolute Gasteiger partial charge is 0.444 e. The molecule has 0 aliphatic carbocycles. The number of rotatable bonds is 9. The lowest BCUT2D eigenvalue weighted by Crippen LogP contribution is -2.45. The van der Waals surface area contributed by atoms with Crippen molar-refractivity contribution in [3.63, 3.8) is 0 Å². The Kier molecular flexibility index (Phi) is 8.71. The van der Waals surface area contributed by atoms with Gasteiger partial charge in [0, 0.05) is 6.54 Å². The zero-order valence-electron chi connectivity index (χ0n) is 18.4. The van der Waals surface area contributed by atoms with Crippen LogP contribution in [-0.2, 0) is 22.6 Å². The average molecular weight is 398 g/mol. The van der Waals surface area contributed by atoms with Gasteiger partial charge in [0.25, 0.3) is 0 Å². The van der Waals surface area contributed by atoms with Crippen molar-refractivity contribution in [2.75, 3.05) is 6.61 Å². The molecule has 29 heavy (non-hydrogen) atoms. The second kappa shape index (κ2) is 11.0. The molecule has 0 fully saturated rings. The molecule has 1 amide bonds. The quantitative estimate of drug-likeness (QED) is 0.516. The van der Waals surface area contributed by atoms with Gasteiger partial charge in [-0.3, -0.25) is 4.90 Å². The number of amides is 1. The predicted octanol–water partition coefficient (Wildman–Crippen LogP) is 6.06. The van der Waals surface area contributed by atoms with Crippen LogP contribution in [-0.4, -0.2) is 29.2 Å². The first-order valence-electron chi connectivity index (χ1n) is 10.4. The van der Waals surface area contributed by atoms with Crippen LogP contribution in [0.2, 0.25) is 0 Å². The van der Waals surface area contributed by atoms with Crippen LogP contribution in [0.15, 0.2) is 60.7 Å². The molecule has 2 aromatic rings. The number of carbonyl (C=O) groups is 1. The lowest BCUT2D eigenvalue weighted by atomic mass is 10.0. The van der Waals surface area contributed by atoms with E-state index in [4.69, 9.17) is 9.47 Å². The Hall–Kier alpha value is -2.33. The molecule has 4 heteroatoms. The zero-order chi connectivity index (χ0) is 21.3. The monoisotopic (exact) mass is 397 g/mol. The highest BCUT2D eigenvalue weighted by atomic mass is 16.6. The van der Waals surface area contributed by atoms with Gasteiger partial charge < -0.3 is 9.47 Å². The van der Waals surface area contributed by atoms with E-state index < -0.39 is 5.60 Å². The van der Waals surface area contributed by atoms with Crippen molar-refractivity contribution < 1.29 is 14.3 Å². The second-order valence-electron chi connectivity index (χ2n) is 8.88. The molecule has 0 aliphatic heterocycles. The Balaban J connectivity index is 2.16. The Bertz CT molecular complexity index is 723. The summed E-state index contributed by atoms with van der Waals surface area (Å²) in [5.74, 6) is 0.432. The van der Waals surface area contributed by atoms with Gasteiger partial charge in [-0.1, -0.05) is 74.5 Å². The highest BCUT2D eigenvalue weighted by Gasteiger charge is 2.29. The third kappa shape index (κ3) is 8.70. The first kappa shape index (κ1) is 23.0. The van der Waals surface area contributed by atoms with Crippen molar-refractivity contribution in [3.05, 3.63) is 71.8 Å². The summed E-state index contributed by atoms with van der Waals surface area (Å²) in [5.41, 5.74) is 1.66. The van der Waals surface area contributed by atoms with Crippen molar-refractivity contribution in [1.82, 2.24) is 4.90 Å². The minimum absolute atomic E-state index is 0.0613. The van der Waals surface area contributed by atoms with Crippen LogP contribution < -0.4 is 0 Å². The van der Waals surface area contributed by atoms with Crippen LogP contribution in [0.4, 0.5) is 4.79 Å². The maximum absolute atomic E-state index is 13.1. The molecular formula is C25H35NO3. The standard InChI is InChI=1S/C25H35NO3/c1-20(2)16-23(19-28-18-22-14-10-7-11-15-22)26(24(27)29-25(3,4)5)17-21-12-8-6-9-13-21/h6-15,20,23H,16-19H2,1-5H3/t23-/m0/s1. The summed E-state index contributed by atoms with van der Waals surface area (Å²) in [5, 5.41) is 0. The molecule has 2 aromatic carbocycles.